The minimum absolute atomic E-state index is 0. The van der Waals surface area contributed by atoms with Crippen LogP contribution in [-0.2, 0) is 23.0 Å². The number of aliphatic imine (C=N–C) groups is 1. The van der Waals surface area contributed by atoms with Crippen molar-refractivity contribution in [3.63, 3.8) is 0 Å². The number of hydrogen-bond donors (Lipinski definition) is 2. The molecule has 0 spiro atoms. The third-order valence-electron chi connectivity index (χ3n) is 4.13. The first-order valence-electron chi connectivity index (χ1n) is 9.57. The average Bonchev–Trinajstić information content (AvgIpc) is 3.30. The zero-order valence-electron chi connectivity index (χ0n) is 17.4. The van der Waals surface area contributed by atoms with Crippen molar-refractivity contribution in [1.82, 2.24) is 14.9 Å². The molecule has 0 atom stereocenters. The first-order chi connectivity index (χ1) is 13.4. The maximum atomic E-state index is 12.6. The van der Waals surface area contributed by atoms with Crippen molar-refractivity contribution < 1.29 is 8.42 Å². The molecule has 0 fully saturated rings. The summed E-state index contributed by atoms with van der Waals surface area (Å²) in [5.41, 5.74) is 0. The molecule has 0 aromatic carbocycles. The molecule has 0 aliphatic rings. The molecule has 10 heteroatoms. The molecule has 2 aromatic rings. The topological polar surface area (TPSA) is 73.8 Å². The van der Waals surface area contributed by atoms with Crippen molar-refractivity contribution in [2.45, 2.75) is 44.9 Å². The van der Waals surface area contributed by atoms with E-state index in [9.17, 15) is 8.42 Å². The summed E-state index contributed by atoms with van der Waals surface area (Å²) in [6.07, 6.45) is 0.751. The van der Waals surface area contributed by atoms with Gasteiger partial charge in [-0.1, -0.05) is 13.8 Å². The largest absolute Gasteiger partial charge is 0.357 e. The number of halogens is 1. The van der Waals surface area contributed by atoms with E-state index in [1.54, 1.807) is 17.4 Å². The standard InChI is InChI=1S/C19H30N4O2S3.HI/c1-5-20-19(22-14-17-9-8-15(4)26-17)21-13-12-16-10-11-18(27-16)28(24,25)23(6-2)7-3;/h8-11H,5-7,12-14H2,1-4H3,(H2,20,21,22);1H. The summed E-state index contributed by atoms with van der Waals surface area (Å²) >= 11 is 3.11. The molecule has 0 aliphatic carbocycles. The lowest BCUT2D eigenvalue weighted by Crippen LogP contribution is -2.38. The highest BCUT2D eigenvalue weighted by Crippen LogP contribution is 2.25. The number of nitrogens with zero attached hydrogens (tertiary/aromatic N) is 2. The van der Waals surface area contributed by atoms with E-state index in [0.717, 1.165) is 23.8 Å². The molecule has 0 saturated heterocycles. The minimum Gasteiger partial charge on any atom is -0.357 e. The Bertz CT molecular complexity index is 874. The van der Waals surface area contributed by atoms with Crippen LogP contribution >= 0.6 is 46.7 Å². The second kappa shape index (κ2) is 12.9. The highest BCUT2D eigenvalue weighted by atomic mass is 127. The summed E-state index contributed by atoms with van der Waals surface area (Å²) < 4.78 is 27.1. The smallest absolute Gasteiger partial charge is 0.252 e. The third kappa shape index (κ3) is 7.82. The lowest BCUT2D eigenvalue weighted by molar-refractivity contribution is 0.447. The molecule has 0 bridgehead atoms. The minimum atomic E-state index is -3.37. The Morgan fingerprint density at radius 3 is 2.31 bits per heavy atom. The highest BCUT2D eigenvalue weighted by Gasteiger charge is 2.23. The van der Waals surface area contributed by atoms with Crippen LogP contribution in [0, 0.1) is 6.92 Å². The van der Waals surface area contributed by atoms with Crippen molar-refractivity contribution in [3.8, 4) is 0 Å². The molecular weight excluding hydrogens is 539 g/mol. The van der Waals surface area contributed by atoms with Gasteiger partial charge in [0.1, 0.15) is 4.21 Å². The van der Waals surface area contributed by atoms with Gasteiger partial charge in [-0.2, -0.15) is 4.31 Å². The lowest BCUT2D eigenvalue weighted by Gasteiger charge is -2.16. The maximum absolute atomic E-state index is 12.6. The van der Waals surface area contributed by atoms with Gasteiger partial charge >= 0.3 is 0 Å². The number of sulfonamides is 1. The van der Waals surface area contributed by atoms with Gasteiger partial charge in [0.15, 0.2) is 5.96 Å². The van der Waals surface area contributed by atoms with Crippen LogP contribution in [0.25, 0.3) is 0 Å². The van der Waals surface area contributed by atoms with Gasteiger partial charge in [-0.15, -0.1) is 46.7 Å². The van der Waals surface area contributed by atoms with Gasteiger partial charge in [-0.3, -0.25) is 0 Å². The number of hydrogen-bond acceptors (Lipinski definition) is 5. The van der Waals surface area contributed by atoms with E-state index in [2.05, 4.69) is 34.7 Å². The van der Waals surface area contributed by atoms with Gasteiger partial charge in [-0.05, 0) is 44.5 Å². The molecule has 0 unspecified atom stereocenters. The molecule has 2 aromatic heterocycles. The first kappa shape index (κ1) is 26.3. The molecule has 29 heavy (non-hydrogen) atoms. The van der Waals surface area contributed by atoms with Gasteiger partial charge in [-0.25, -0.2) is 13.4 Å². The number of rotatable bonds is 10. The first-order valence-corrected chi connectivity index (χ1v) is 12.6. The van der Waals surface area contributed by atoms with E-state index >= 15 is 0 Å². The molecule has 2 N–H and O–H groups in total. The van der Waals surface area contributed by atoms with Crippen LogP contribution in [0.15, 0.2) is 33.5 Å². The second-order valence-electron chi connectivity index (χ2n) is 6.19. The van der Waals surface area contributed by atoms with Gasteiger partial charge in [0.25, 0.3) is 10.0 Å². The SMILES string of the molecule is CCNC(=NCc1ccc(C)s1)NCCc1ccc(S(=O)(=O)N(CC)CC)s1.I. The predicted molar refractivity (Wildman–Crippen MR) is 135 cm³/mol. The van der Waals surface area contributed by atoms with Crippen molar-refractivity contribution in [1.29, 1.82) is 0 Å². The summed E-state index contributed by atoms with van der Waals surface area (Å²) in [5.74, 6) is 0.779. The zero-order chi connectivity index (χ0) is 20.6. The van der Waals surface area contributed by atoms with Crippen LogP contribution in [0.1, 0.15) is 35.4 Å². The Balaban J connectivity index is 0.00000420. The van der Waals surface area contributed by atoms with Gasteiger partial charge < -0.3 is 10.6 Å². The molecule has 6 nitrogen and oxygen atoms in total. The van der Waals surface area contributed by atoms with Crippen LogP contribution in [0.3, 0.4) is 0 Å². The predicted octanol–water partition coefficient (Wildman–Crippen LogP) is 4.06. The number of aryl methyl sites for hydroxylation is 1. The van der Waals surface area contributed by atoms with E-state index in [1.165, 1.54) is 25.4 Å². The van der Waals surface area contributed by atoms with Gasteiger partial charge in [0, 0.05) is 40.8 Å². The van der Waals surface area contributed by atoms with Gasteiger partial charge in [0.2, 0.25) is 0 Å². The number of nitrogens with one attached hydrogen (secondary N) is 2. The van der Waals surface area contributed by atoms with E-state index in [-0.39, 0.29) is 24.0 Å². The Hall–Kier alpha value is -0.690. The number of guanidine groups is 1. The Morgan fingerprint density at radius 1 is 1.03 bits per heavy atom. The van der Waals surface area contributed by atoms with Crippen molar-refractivity contribution in [2.24, 2.45) is 4.99 Å². The van der Waals surface area contributed by atoms with E-state index in [0.29, 0.717) is 30.4 Å². The Morgan fingerprint density at radius 2 is 1.72 bits per heavy atom. The Labute approximate surface area is 199 Å². The molecule has 0 saturated carbocycles. The normalized spacial score (nSPS) is 12.1. The average molecular weight is 571 g/mol. The van der Waals surface area contributed by atoms with Crippen LogP contribution in [0.4, 0.5) is 0 Å². The van der Waals surface area contributed by atoms with Crippen LogP contribution < -0.4 is 10.6 Å². The molecular formula is C19H31IN4O2S3. The van der Waals surface area contributed by atoms with Crippen molar-refractivity contribution >= 4 is 62.6 Å². The Kier molecular flexibility index (Phi) is 11.7. The number of thiophene rings is 2. The summed E-state index contributed by atoms with van der Waals surface area (Å²) in [6, 6.07) is 7.83. The monoisotopic (exact) mass is 570 g/mol. The molecule has 0 aliphatic heterocycles. The maximum Gasteiger partial charge on any atom is 0.252 e. The molecule has 2 rings (SSSR count). The molecule has 0 radical (unpaired) electrons. The summed E-state index contributed by atoms with van der Waals surface area (Å²) in [5, 5.41) is 6.58. The fraction of sp³-hybridized carbons (Fsp3) is 0.526. The fourth-order valence-corrected chi connectivity index (χ4v) is 6.48. The highest BCUT2D eigenvalue weighted by molar-refractivity contribution is 14.0. The van der Waals surface area contributed by atoms with E-state index in [1.807, 2.05) is 26.8 Å². The van der Waals surface area contributed by atoms with E-state index in [4.69, 9.17) is 0 Å². The van der Waals surface area contributed by atoms with Crippen molar-refractivity contribution in [2.75, 3.05) is 26.2 Å². The van der Waals surface area contributed by atoms with Gasteiger partial charge in [0.05, 0.1) is 6.54 Å². The molecule has 2 heterocycles. The van der Waals surface area contributed by atoms with Crippen molar-refractivity contribution in [3.05, 3.63) is 38.9 Å². The quantitative estimate of drug-likeness (QED) is 0.257. The van der Waals surface area contributed by atoms with Crippen LogP contribution in [-0.4, -0.2) is 44.9 Å². The summed E-state index contributed by atoms with van der Waals surface area (Å²) in [4.78, 5) is 8.19. The zero-order valence-corrected chi connectivity index (χ0v) is 22.2. The van der Waals surface area contributed by atoms with E-state index < -0.39 is 10.0 Å². The third-order valence-corrected chi connectivity index (χ3v) is 8.78. The van der Waals surface area contributed by atoms with Crippen LogP contribution in [0.5, 0.6) is 0 Å². The molecule has 164 valence electrons. The molecule has 0 amide bonds. The second-order valence-corrected chi connectivity index (χ2v) is 10.9. The van der Waals surface area contributed by atoms with Crippen LogP contribution in [0.2, 0.25) is 0 Å². The summed E-state index contributed by atoms with van der Waals surface area (Å²) in [6.45, 7) is 11.0. The lowest BCUT2D eigenvalue weighted by atomic mass is 10.3. The summed E-state index contributed by atoms with van der Waals surface area (Å²) in [7, 11) is -3.37. The fourth-order valence-electron chi connectivity index (χ4n) is 2.69.